The molecule has 1 aliphatic rings. The summed E-state index contributed by atoms with van der Waals surface area (Å²) in [6.07, 6.45) is 5.41. The standard InChI is InChI=1S/C15H17BrN4O/c16-12-3-5-13(6-4-12)20-10-11(9-18-20)15(21)19-7-1-2-14(19)8-17/h3-6,9-10,14H,1-2,7-8,17H2. The van der Waals surface area contributed by atoms with Gasteiger partial charge in [-0.2, -0.15) is 5.10 Å². The molecule has 1 atom stereocenters. The summed E-state index contributed by atoms with van der Waals surface area (Å²) in [7, 11) is 0. The molecule has 2 N–H and O–H groups in total. The minimum Gasteiger partial charge on any atom is -0.334 e. The maximum atomic E-state index is 12.5. The van der Waals surface area contributed by atoms with Crippen molar-refractivity contribution in [3.05, 3.63) is 46.7 Å². The number of nitrogens with two attached hydrogens (primary N) is 1. The molecule has 1 saturated heterocycles. The molecular weight excluding hydrogens is 332 g/mol. The molecule has 2 aromatic rings. The van der Waals surface area contributed by atoms with Gasteiger partial charge in [0.1, 0.15) is 0 Å². The number of likely N-dealkylation sites (tertiary alicyclic amines) is 1. The van der Waals surface area contributed by atoms with E-state index in [1.165, 1.54) is 0 Å². The van der Waals surface area contributed by atoms with E-state index < -0.39 is 0 Å². The number of nitrogens with zero attached hydrogens (tertiary/aromatic N) is 3. The van der Waals surface area contributed by atoms with Gasteiger partial charge < -0.3 is 10.6 Å². The lowest BCUT2D eigenvalue weighted by Gasteiger charge is -2.22. The Hall–Kier alpha value is -1.66. The van der Waals surface area contributed by atoms with Crippen LogP contribution in [0.5, 0.6) is 0 Å². The van der Waals surface area contributed by atoms with Crippen molar-refractivity contribution < 1.29 is 4.79 Å². The zero-order valence-corrected chi connectivity index (χ0v) is 13.2. The molecule has 1 aliphatic heterocycles. The van der Waals surface area contributed by atoms with Crippen LogP contribution in [0, 0.1) is 0 Å². The Balaban J connectivity index is 1.81. The van der Waals surface area contributed by atoms with Crippen LogP contribution in [0.25, 0.3) is 5.69 Å². The molecule has 0 bridgehead atoms. The summed E-state index contributed by atoms with van der Waals surface area (Å²) >= 11 is 3.40. The second-order valence-electron chi connectivity index (χ2n) is 5.18. The molecule has 5 nitrogen and oxygen atoms in total. The van der Waals surface area contributed by atoms with Gasteiger partial charge in [0.15, 0.2) is 0 Å². The molecule has 2 heterocycles. The highest BCUT2D eigenvalue weighted by Gasteiger charge is 2.28. The first-order valence-corrected chi connectivity index (χ1v) is 7.80. The van der Waals surface area contributed by atoms with E-state index in [-0.39, 0.29) is 11.9 Å². The van der Waals surface area contributed by atoms with Crippen molar-refractivity contribution in [2.45, 2.75) is 18.9 Å². The first kappa shape index (κ1) is 14.3. The quantitative estimate of drug-likeness (QED) is 0.924. The Kier molecular flexibility index (Phi) is 4.07. The van der Waals surface area contributed by atoms with E-state index in [2.05, 4.69) is 21.0 Å². The molecule has 6 heteroatoms. The topological polar surface area (TPSA) is 64.2 Å². The number of rotatable bonds is 3. The van der Waals surface area contributed by atoms with Crippen LogP contribution in [-0.4, -0.2) is 39.7 Å². The average Bonchev–Trinajstić information content (AvgIpc) is 3.16. The summed E-state index contributed by atoms with van der Waals surface area (Å²) in [4.78, 5) is 14.4. The third-order valence-corrected chi connectivity index (χ3v) is 4.36. The van der Waals surface area contributed by atoms with E-state index in [1.807, 2.05) is 29.2 Å². The normalized spacial score (nSPS) is 18.2. The summed E-state index contributed by atoms with van der Waals surface area (Å²) in [6, 6.07) is 7.95. The smallest absolute Gasteiger partial charge is 0.257 e. The molecule has 1 fully saturated rings. The molecule has 0 saturated carbocycles. The Morgan fingerprint density at radius 1 is 1.38 bits per heavy atom. The largest absolute Gasteiger partial charge is 0.334 e. The predicted molar refractivity (Wildman–Crippen MR) is 84.4 cm³/mol. The minimum atomic E-state index is 0.0197. The van der Waals surface area contributed by atoms with Gasteiger partial charge in [0.2, 0.25) is 0 Å². The maximum absolute atomic E-state index is 12.5. The second-order valence-corrected chi connectivity index (χ2v) is 6.10. The highest BCUT2D eigenvalue weighted by molar-refractivity contribution is 9.10. The van der Waals surface area contributed by atoms with Crippen molar-refractivity contribution in [3.8, 4) is 5.69 Å². The fourth-order valence-electron chi connectivity index (χ4n) is 2.68. The zero-order valence-electron chi connectivity index (χ0n) is 11.6. The van der Waals surface area contributed by atoms with Gasteiger partial charge >= 0.3 is 0 Å². The number of hydrogen-bond donors (Lipinski definition) is 1. The van der Waals surface area contributed by atoms with Gasteiger partial charge in [-0.15, -0.1) is 0 Å². The predicted octanol–water partition coefficient (Wildman–Crippen LogP) is 2.20. The molecule has 21 heavy (non-hydrogen) atoms. The van der Waals surface area contributed by atoms with E-state index >= 15 is 0 Å². The van der Waals surface area contributed by atoms with Crippen molar-refractivity contribution in [3.63, 3.8) is 0 Å². The van der Waals surface area contributed by atoms with Crippen molar-refractivity contribution in [1.82, 2.24) is 14.7 Å². The molecule has 1 aromatic carbocycles. The monoisotopic (exact) mass is 348 g/mol. The Labute approximate surface area is 131 Å². The molecular formula is C15H17BrN4O. The summed E-state index contributed by atoms with van der Waals surface area (Å²) in [6.45, 7) is 1.30. The fourth-order valence-corrected chi connectivity index (χ4v) is 2.95. The number of benzene rings is 1. The van der Waals surface area contributed by atoms with Crippen LogP contribution >= 0.6 is 15.9 Å². The van der Waals surface area contributed by atoms with Crippen LogP contribution in [0.15, 0.2) is 41.1 Å². The van der Waals surface area contributed by atoms with Gasteiger partial charge in [0.05, 0.1) is 17.4 Å². The van der Waals surface area contributed by atoms with E-state index in [0.717, 1.165) is 29.5 Å². The number of aromatic nitrogens is 2. The van der Waals surface area contributed by atoms with Gasteiger partial charge in [-0.05, 0) is 37.1 Å². The zero-order chi connectivity index (χ0) is 14.8. The Morgan fingerprint density at radius 3 is 2.86 bits per heavy atom. The van der Waals surface area contributed by atoms with Crippen LogP contribution in [0.3, 0.4) is 0 Å². The van der Waals surface area contributed by atoms with Gasteiger partial charge in [-0.25, -0.2) is 4.68 Å². The van der Waals surface area contributed by atoms with Crippen LogP contribution < -0.4 is 5.73 Å². The summed E-state index contributed by atoms with van der Waals surface area (Å²) in [5.74, 6) is 0.0197. The van der Waals surface area contributed by atoms with Crippen molar-refractivity contribution in [1.29, 1.82) is 0 Å². The van der Waals surface area contributed by atoms with Crippen molar-refractivity contribution in [2.75, 3.05) is 13.1 Å². The van der Waals surface area contributed by atoms with Gasteiger partial charge in [0, 0.05) is 29.8 Å². The molecule has 0 radical (unpaired) electrons. The van der Waals surface area contributed by atoms with Crippen molar-refractivity contribution in [2.24, 2.45) is 5.73 Å². The lowest BCUT2D eigenvalue weighted by atomic mass is 10.2. The number of halogens is 1. The van der Waals surface area contributed by atoms with Crippen LogP contribution in [0.2, 0.25) is 0 Å². The van der Waals surface area contributed by atoms with Crippen LogP contribution in [0.4, 0.5) is 0 Å². The molecule has 1 amide bonds. The lowest BCUT2D eigenvalue weighted by Crippen LogP contribution is -2.39. The molecule has 1 unspecified atom stereocenters. The number of carbonyl (C=O) groups is 1. The van der Waals surface area contributed by atoms with Crippen molar-refractivity contribution >= 4 is 21.8 Å². The SMILES string of the molecule is NCC1CCCN1C(=O)c1cnn(-c2ccc(Br)cc2)c1. The van der Waals surface area contributed by atoms with Gasteiger partial charge in [0.25, 0.3) is 5.91 Å². The number of hydrogen-bond acceptors (Lipinski definition) is 3. The van der Waals surface area contributed by atoms with Crippen LogP contribution in [-0.2, 0) is 0 Å². The van der Waals surface area contributed by atoms with E-state index in [1.54, 1.807) is 17.1 Å². The van der Waals surface area contributed by atoms with Gasteiger partial charge in [-0.3, -0.25) is 4.79 Å². The minimum absolute atomic E-state index is 0.0197. The molecule has 110 valence electrons. The van der Waals surface area contributed by atoms with E-state index in [9.17, 15) is 4.79 Å². The third-order valence-electron chi connectivity index (χ3n) is 3.83. The molecule has 0 spiro atoms. The molecule has 0 aliphatic carbocycles. The first-order chi connectivity index (χ1) is 10.2. The molecule has 3 rings (SSSR count). The second kappa shape index (κ2) is 5.99. The van der Waals surface area contributed by atoms with E-state index in [0.29, 0.717) is 12.1 Å². The summed E-state index contributed by atoms with van der Waals surface area (Å²) in [5, 5.41) is 4.28. The first-order valence-electron chi connectivity index (χ1n) is 7.00. The highest BCUT2D eigenvalue weighted by atomic mass is 79.9. The van der Waals surface area contributed by atoms with Gasteiger partial charge in [-0.1, -0.05) is 15.9 Å². The lowest BCUT2D eigenvalue weighted by molar-refractivity contribution is 0.0741. The van der Waals surface area contributed by atoms with E-state index in [4.69, 9.17) is 5.73 Å². The highest BCUT2D eigenvalue weighted by Crippen LogP contribution is 2.20. The Bertz CT molecular complexity index is 637. The number of amides is 1. The summed E-state index contributed by atoms with van der Waals surface area (Å²) < 4.78 is 2.73. The summed E-state index contributed by atoms with van der Waals surface area (Å²) in [5.41, 5.74) is 7.27. The van der Waals surface area contributed by atoms with Crippen LogP contribution in [0.1, 0.15) is 23.2 Å². The Morgan fingerprint density at radius 2 is 2.14 bits per heavy atom. The third kappa shape index (κ3) is 2.87. The fraction of sp³-hybridized carbons (Fsp3) is 0.333. The maximum Gasteiger partial charge on any atom is 0.257 e. The average molecular weight is 349 g/mol. The number of carbonyl (C=O) groups excluding carboxylic acids is 1. The molecule has 1 aromatic heterocycles.